The highest BCUT2D eigenvalue weighted by Crippen LogP contribution is 2.26. The van der Waals surface area contributed by atoms with Crippen molar-refractivity contribution in [2.24, 2.45) is 0 Å². The fourth-order valence-corrected chi connectivity index (χ4v) is 3.54. The summed E-state index contributed by atoms with van der Waals surface area (Å²) in [5.74, 6) is 0. The molecule has 0 bridgehead atoms. The van der Waals surface area contributed by atoms with Crippen LogP contribution in [0.5, 0.6) is 0 Å². The molecule has 0 aliphatic heterocycles. The van der Waals surface area contributed by atoms with E-state index in [0.717, 1.165) is 35.7 Å². The Bertz CT molecular complexity index is 1130. The highest BCUT2D eigenvalue weighted by molar-refractivity contribution is 5.68. The summed E-state index contributed by atoms with van der Waals surface area (Å²) in [5.41, 5.74) is 16.4. The van der Waals surface area contributed by atoms with Crippen LogP contribution < -0.4 is 16.4 Å². The van der Waals surface area contributed by atoms with Crippen LogP contribution in [0.4, 0.5) is 22.7 Å². The van der Waals surface area contributed by atoms with Gasteiger partial charge >= 0.3 is 0 Å². The third kappa shape index (κ3) is 5.67. The van der Waals surface area contributed by atoms with Gasteiger partial charge in [0.15, 0.2) is 0 Å². The minimum atomic E-state index is 0.781. The molecule has 156 valence electrons. The maximum absolute atomic E-state index is 6.07. The summed E-state index contributed by atoms with van der Waals surface area (Å²) in [5, 5.41) is 7.04. The van der Waals surface area contributed by atoms with Gasteiger partial charge in [0.1, 0.15) is 0 Å². The Morgan fingerprint density at radius 2 is 1.23 bits per heavy atom. The first kappa shape index (κ1) is 20.5. The average Bonchev–Trinajstić information content (AvgIpc) is 2.78. The van der Waals surface area contributed by atoms with E-state index >= 15 is 0 Å². The van der Waals surface area contributed by atoms with Crippen molar-refractivity contribution in [3.05, 3.63) is 119 Å². The topological polar surface area (TPSA) is 50.1 Å². The van der Waals surface area contributed by atoms with Gasteiger partial charge in [0.2, 0.25) is 0 Å². The van der Waals surface area contributed by atoms with Crippen molar-refractivity contribution in [3.8, 4) is 0 Å². The van der Waals surface area contributed by atoms with E-state index in [0.29, 0.717) is 0 Å². The lowest BCUT2D eigenvalue weighted by atomic mass is 10.0. The quantitative estimate of drug-likeness (QED) is 0.294. The first-order valence-electron chi connectivity index (χ1n) is 10.7. The largest absolute Gasteiger partial charge is 0.399 e. The standard InChI is InChI=1S/C28H29N3/c1-20-3-7-22(8-4-20)17-24-18-25(29)11-16-28(24)31-27-14-12-26(13-15-27)30-19-23-9-5-21(2)6-10-23/h3-16,18,30-31H,17,19,29H2,1-2H3. The van der Waals surface area contributed by atoms with Crippen LogP contribution in [-0.2, 0) is 13.0 Å². The van der Waals surface area contributed by atoms with E-state index in [2.05, 4.69) is 109 Å². The van der Waals surface area contributed by atoms with Crippen molar-refractivity contribution in [2.75, 3.05) is 16.4 Å². The Hall–Kier alpha value is -3.72. The fraction of sp³-hybridized carbons (Fsp3) is 0.143. The maximum Gasteiger partial charge on any atom is 0.0421 e. The molecule has 0 amide bonds. The molecule has 0 spiro atoms. The maximum atomic E-state index is 6.07. The lowest BCUT2D eigenvalue weighted by Crippen LogP contribution is -2.01. The molecule has 0 aliphatic rings. The minimum absolute atomic E-state index is 0.781. The monoisotopic (exact) mass is 407 g/mol. The number of nitrogens with one attached hydrogen (secondary N) is 2. The first-order valence-corrected chi connectivity index (χ1v) is 10.7. The number of aryl methyl sites for hydroxylation is 2. The molecule has 0 fully saturated rings. The Morgan fingerprint density at radius 1 is 0.645 bits per heavy atom. The lowest BCUT2D eigenvalue weighted by Gasteiger charge is -2.14. The predicted molar refractivity (Wildman–Crippen MR) is 133 cm³/mol. The zero-order valence-electron chi connectivity index (χ0n) is 18.2. The van der Waals surface area contributed by atoms with Gasteiger partial charge in [-0.05, 0) is 79.4 Å². The van der Waals surface area contributed by atoms with Gasteiger partial charge in [-0.1, -0.05) is 59.7 Å². The molecular weight excluding hydrogens is 378 g/mol. The molecule has 3 nitrogen and oxygen atoms in total. The molecule has 4 rings (SSSR count). The summed E-state index contributed by atoms with van der Waals surface area (Å²) in [6.07, 6.45) is 0.837. The number of nitrogens with two attached hydrogens (primary N) is 1. The van der Waals surface area contributed by atoms with Crippen molar-refractivity contribution in [1.29, 1.82) is 0 Å². The van der Waals surface area contributed by atoms with E-state index in [4.69, 9.17) is 5.73 Å². The average molecular weight is 408 g/mol. The first-order chi connectivity index (χ1) is 15.0. The second-order valence-corrected chi connectivity index (χ2v) is 8.12. The van der Waals surface area contributed by atoms with E-state index in [-0.39, 0.29) is 0 Å². The third-order valence-electron chi connectivity index (χ3n) is 5.43. The van der Waals surface area contributed by atoms with Crippen LogP contribution in [0.1, 0.15) is 27.8 Å². The molecule has 4 aromatic carbocycles. The molecule has 4 N–H and O–H groups in total. The molecule has 4 aromatic rings. The lowest BCUT2D eigenvalue weighted by molar-refractivity contribution is 1.14. The van der Waals surface area contributed by atoms with Gasteiger partial charge in [-0.15, -0.1) is 0 Å². The number of hydrogen-bond acceptors (Lipinski definition) is 3. The Labute approximate surface area is 185 Å². The molecule has 0 unspecified atom stereocenters. The van der Waals surface area contributed by atoms with Crippen LogP contribution in [0.2, 0.25) is 0 Å². The van der Waals surface area contributed by atoms with Gasteiger partial charge in [-0.25, -0.2) is 0 Å². The number of benzene rings is 4. The van der Waals surface area contributed by atoms with Crippen molar-refractivity contribution in [3.63, 3.8) is 0 Å². The van der Waals surface area contributed by atoms with Crippen LogP contribution in [0.15, 0.2) is 91.0 Å². The molecule has 0 saturated heterocycles. The molecule has 0 saturated carbocycles. The normalized spacial score (nSPS) is 10.6. The summed E-state index contributed by atoms with van der Waals surface area (Å²) in [7, 11) is 0. The van der Waals surface area contributed by atoms with Gasteiger partial charge in [0.05, 0.1) is 0 Å². The highest BCUT2D eigenvalue weighted by atomic mass is 14.9. The van der Waals surface area contributed by atoms with E-state index in [1.54, 1.807) is 0 Å². The van der Waals surface area contributed by atoms with Crippen LogP contribution in [0.3, 0.4) is 0 Å². The molecule has 3 heteroatoms. The molecular formula is C28H29N3. The van der Waals surface area contributed by atoms with Gasteiger partial charge in [-0.2, -0.15) is 0 Å². The minimum Gasteiger partial charge on any atom is -0.399 e. The third-order valence-corrected chi connectivity index (χ3v) is 5.43. The summed E-state index contributed by atoms with van der Waals surface area (Å²) >= 11 is 0. The number of anilines is 4. The molecule has 0 aromatic heterocycles. The summed E-state index contributed by atoms with van der Waals surface area (Å²) in [4.78, 5) is 0. The number of rotatable bonds is 7. The molecule has 0 heterocycles. The van der Waals surface area contributed by atoms with Crippen LogP contribution >= 0.6 is 0 Å². The summed E-state index contributed by atoms with van der Waals surface area (Å²) in [6.45, 7) is 5.03. The Morgan fingerprint density at radius 3 is 1.87 bits per heavy atom. The van der Waals surface area contributed by atoms with Crippen molar-refractivity contribution >= 4 is 22.7 Å². The molecule has 0 radical (unpaired) electrons. The van der Waals surface area contributed by atoms with Gasteiger partial charge in [-0.3, -0.25) is 0 Å². The van der Waals surface area contributed by atoms with E-state index in [1.165, 1.54) is 27.8 Å². The van der Waals surface area contributed by atoms with Crippen molar-refractivity contribution < 1.29 is 0 Å². The van der Waals surface area contributed by atoms with Gasteiger partial charge < -0.3 is 16.4 Å². The molecule has 31 heavy (non-hydrogen) atoms. The Balaban J connectivity index is 1.43. The summed E-state index contributed by atoms with van der Waals surface area (Å²) < 4.78 is 0. The van der Waals surface area contributed by atoms with Crippen LogP contribution in [0, 0.1) is 13.8 Å². The van der Waals surface area contributed by atoms with E-state index in [1.807, 2.05) is 6.07 Å². The zero-order chi connectivity index (χ0) is 21.6. The molecule has 0 atom stereocenters. The van der Waals surface area contributed by atoms with Crippen molar-refractivity contribution in [2.45, 2.75) is 26.8 Å². The van der Waals surface area contributed by atoms with Crippen LogP contribution in [-0.4, -0.2) is 0 Å². The highest BCUT2D eigenvalue weighted by Gasteiger charge is 2.06. The Kier molecular flexibility index (Phi) is 6.23. The SMILES string of the molecule is Cc1ccc(CNc2ccc(Nc3ccc(N)cc3Cc3ccc(C)cc3)cc2)cc1. The summed E-state index contributed by atoms with van der Waals surface area (Å²) in [6, 6.07) is 31.7. The van der Waals surface area contributed by atoms with Crippen LogP contribution in [0.25, 0.3) is 0 Å². The van der Waals surface area contributed by atoms with Crippen molar-refractivity contribution in [1.82, 2.24) is 0 Å². The second kappa shape index (κ2) is 9.40. The van der Waals surface area contributed by atoms with E-state index in [9.17, 15) is 0 Å². The number of nitrogen functional groups attached to an aromatic ring is 1. The second-order valence-electron chi connectivity index (χ2n) is 8.12. The van der Waals surface area contributed by atoms with Gasteiger partial charge in [0, 0.05) is 29.3 Å². The number of hydrogen-bond donors (Lipinski definition) is 3. The van der Waals surface area contributed by atoms with E-state index < -0.39 is 0 Å². The smallest absolute Gasteiger partial charge is 0.0421 e. The fourth-order valence-electron chi connectivity index (χ4n) is 3.54. The molecule has 0 aliphatic carbocycles. The predicted octanol–water partition coefficient (Wildman–Crippen LogP) is 6.83. The zero-order valence-corrected chi connectivity index (χ0v) is 18.2. The van der Waals surface area contributed by atoms with Gasteiger partial charge in [0.25, 0.3) is 0 Å².